The maximum atomic E-state index is 12.0. The zero-order valence-electron chi connectivity index (χ0n) is 11.6. The molecule has 0 bridgehead atoms. The van der Waals surface area contributed by atoms with E-state index in [-0.39, 0.29) is 6.03 Å². The van der Waals surface area contributed by atoms with Gasteiger partial charge >= 0.3 is 6.03 Å². The molecule has 2 amide bonds. The summed E-state index contributed by atoms with van der Waals surface area (Å²) in [7, 11) is 1.72. The molecule has 0 spiro atoms. The summed E-state index contributed by atoms with van der Waals surface area (Å²) >= 11 is 11.9. The molecule has 0 saturated heterocycles. The van der Waals surface area contributed by atoms with Crippen molar-refractivity contribution in [2.45, 2.75) is 13.0 Å². The lowest BCUT2D eigenvalue weighted by atomic mass is 10.2. The van der Waals surface area contributed by atoms with Gasteiger partial charge in [0, 0.05) is 36.6 Å². The minimum absolute atomic E-state index is 0.160. The number of hydrogen-bond donors (Lipinski definition) is 1. The zero-order chi connectivity index (χ0) is 15.2. The van der Waals surface area contributed by atoms with Crippen LogP contribution in [0.1, 0.15) is 11.3 Å². The molecule has 0 aliphatic rings. The van der Waals surface area contributed by atoms with Crippen LogP contribution in [-0.4, -0.2) is 24.5 Å². The maximum absolute atomic E-state index is 12.0. The number of hydrogen-bond acceptors (Lipinski definition) is 2. The highest BCUT2D eigenvalue weighted by atomic mass is 35.5. The van der Waals surface area contributed by atoms with Gasteiger partial charge in [0.1, 0.15) is 5.76 Å². The van der Waals surface area contributed by atoms with Crippen molar-refractivity contribution < 1.29 is 9.21 Å². The lowest BCUT2D eigenvalue weighted by Crippen LogP contribution is -2.37. The second-order valence-electron chi connectivity index (χ2n) is 4.65. The number of carbonyl (C=O) groups excluding carboxylic acids is 1. The summed E-state index contributed by atoms with van der Waals surface area (Å²) in [5.74, 6) is 0.846. The number of furan rings is 1. The first-order valence-electron chi connectivity index (χ1n) is 6.51. The molecule has 1 aromatic carbocycles. The van der Waals surface area contributed by atoms with E-state index >= 15 is 0 Å². The Balaban J connectivity index is 1.81. The Morgan fingerprint density at radius 3 is 2.81 bits per heavy atom. The largest absolute Gasteiger partial charge is 0.469 e. The Kier molecular flexibility index (Phi) is 5.53. The average Bonchev–Trinajstić information content (AvgIpc) is 2.95. The fraction of sp³-hybridized carbons (Fsp3) is 0.267. The molecule has 0 fully saturated rings. The number of amides is 2. The summed E-state index contributed by atoms with van der Waals surface area (Å²) in [4.78, 5) is 13.5. The molecule has 2 rings (SSSR count). The van der Waals surface area contributed by atoms with E-state index in [1.54, 1.807) is 30.3 Å². The van der Waals surface area contributed by atoms with E-state index in [1.807, 2.05) is 18.2 Å². The lowest BCUT2D eigenvalue weighted by Gasteiger charge is -2.18. The molecule has 0 radical (unpaired) electrons. The molecule has 21 heavy (non-hydrogen) atoms. The number of halogens is 2. The quantitative estimate of drug-likeness (QED) is 0.903. The van der Waals surface area contributed by atoms with Crippen molar-refractivity contribution in [2.24, 2.45) is 0 Å². The molecule has 1 heterocycles. The van der Waals surface area contributed by atoms with Crippen LogP contribution in [0.15, 0.2) is 41.0 Å². The van der Waals surface area contributed by atoms with Gasteiger partial charge in [-0.3, -0.25) is 0 Å². The predicted molar refractivity (Wildman–Crippen MR) is 83.7 cm³/mol. The van der Waals surface area contributed by atoms with Gasteiger partial charge in [0.15, 0.2) is 0 Å². The van der Waals surface area contributed by atoms with Gasteiger partial charge in [0.25, 0.3) is 0 Å². The van der Waals surface area contributed by atoms with E-state index in [2.05, 4.69) is 5.32 Å². The third-order valence-electron chi connectivity index (χ3n) is 3.00. The van der Waals surface area contributed by atoms with Gasteiger partial charge in [-0.1, -0.05) is 29.3 Å². The summed E-state index contributed by atoms with van der Waals surface area (Å²) in [5, 5.41) is 3.96. The van der Waals surface area contributed by atoms with Crippen molar-refractivity contribution in [3.63, 3.8) is 0 Å². The van der Waals surface area contributed by atoms with E-state index in [0.29, 0.717) is 29.6 Å². The highest BCUT2D eigenvalue weighted by molar-refractivity contribution is 6.35. The van der Waals surface area contributed by atoms with Crippen molar-refractivity contribution in [3.8, 4) is 0 Å². The highest BCUT2D eigenvalue weighted by Gasteiger charge is 2.11. The molecule has 0 unspecified atom stereocenters. The van der Waals surface area contributed by atoms with Crippen LogP contribution in [0.5, 0.6) is 0 Å². The summed E-state index contributed by atoms with van der Waals surface area (Å²) in [6.07, 6.45) is 2.28. The van der Waals surface area contributed by atoms with Gasteiger partial charge in [-0.15, -0.1) is 0 Å². The third-order valence-corrected chi connectivity index (χ3v) is 3.58. The molecule has 6 heteroatoms. The van der Waals surface area contributed by atoms with Crippen LogP contribution in [0, 0.1) is 0 Å². The fourth-order valence-corrected chi connectivity index (χ4v) is 2.33. The van der Waals surface area contributed by atoms with Gasteiger partial charge in [0.2, 0.25) is 0 Å². The predicted octanol–water partition coefficient (Wildman–Crippen LogP) is 3.97. The molecule has 0 atom stereocenters. The van der Waals surface area contributed by atoms with Crippen LogP contribution < -0.4 is 5.32 Å². The second kappa shape index (κ2) is 7.38. The normalized spacial score (nSPS) is 10.4. The summed E-state index contributed by atoms with van der Waals surface area (Å²) in [6, 6.07) is 8.78. The summed E-state index contributed by atoms with van der Waals surface area (Å²) < 4.78 is 5.20. The topological polar surface area (TPSA) is 45.5 Å². The van der Waals surface area contributed by atoms with Crippen molar-refractivity contribution in [2.75, 3.05) is 13.6 Å². The SMILES string of the molecule is CN(Cc1ccc(Cl)cc1Cl)C(=O)NCCc1ccco1. The Morgan fingerprint density at radius 1 is 1.33 bits per heavy atom. The van der Waals surface area contributed by atoms with Crippen LogP contribution >= 0.6 is 23.2 Å². The number of urea groups is 1. The van der Waals surface area contributed by atoms with Gasteiger partial charge in [-0.2, -0.15) is 0 Å². The van der Waals surface area contributed by atoms with Gasteiger partial charge in [-0.05, 0) is 29.8 Å². The Morgan fingerprint density at radius 2 is 2.14 bits per heavy atom. The van der Waals surface area contributed by atoms with Crippen LogP contribution in [0.25, 0.3) is 0 Å². The first kappa shape index (κ1) is 15.7. The van der Waals surface area contributed by atoms with E-state index < -0.39 is 0 Å². The number of carbonyl (C=O) groups is 1. The summed E-state index contributed by atoms with van der Waals surface area (Å²) in [5.41, 5.74) is 0.852. The first-order valence-corrected chi connectivity index (χ1v) is 7.27. The number of nitrogens with zero attached hydrogens (tertiary/aromatic N) is 1. The van der Waals surface area contributed by atoms with Crippen molar-refractivity contribution >= 4 is 29.2 Å². The minimum Gasteiger partial charge on any atom is -0.469 e. The molecular formula is C15H16Cl2N2O2. The summed E-state index contributed by atoms with van der Waals surface area (Å²) in [6.45, 7) is 0.938. The second-order valence-corrected chi connectivity index (χ2v) is 5.50. The van der Waals surface area contributed by atoms with Crippen molar-refractivity contribution in [1.29, 1.82) is 0 Å². The van der Waals surface area contributed by atoms with Gasteiger partial charge in [-0.25, -0.2) is 4.79 Å². The van der Waals surface area contributed by atoms with E-state index in [9.17, 15) is 4.79 Å². The Hall–Kier alpha value is -1.65. The molecular weight excluding hydrogens is 311 g/mol. The maximum Gasteiger partial charge on any atom is 0.317 e. The van der Waals surface area contributed by atoms with E-state index in [1.165, 1.54) is 0 Å². The number of benzene rings is 1. The molecule has 1 N–H and O–H groups in total. The van der Waals surface area contributed by atoms with Crippen LogP contribution in [-0.2, 0) is 13.0 Å². The minimum atomic E-state index is -0.160. The fourth-order valence-electron chi connectivity index (χ4n) is 1.86. The van der Waals surface area contributed by atoms with E-state index in [4.69, 9.17) is 27.6 Å². The molecule has 4 nitrogen and oxygen atoms in total. The monoisotopic (exact) mass is 326 g/mol. The van der Waals surface area contributed by atoms with E-state index in [0.717, 1.165) is 11.3 Å². The third kappa shape index (κ3) is 4.69. The molecule has 1 aromatic heterocycles. The highest BCUT2D eigenvalue weighted by Crippen LogP contribution is 2.21. The average molecular weight is 327 g/mol. The number of rotatable bonds is 5. The smallest absolute Gasteiger partial charge is 0.317 e. The van der Waals surface area contributed by atoms with Crippen molar-refractivity contribution in [1.82, 2.24) is 10.2 Å². The molecule has 2 aromatic rings. The standard InChI is InChI=1S/C15H16Cl2N2O2/c1-19(10-11-4-5-12(16)9-14(11)17)15(20)18-7-6-13-3-2-8-21-13/h2-5,8-9H,6-7,10H2,1H3,(H,18,20). The van der Waals surface area contributed by atoms with Gasteiger partial charge < -0.3 is 14.6 Å². The van der Waals surface area contributed by atoms with Crippen molar-refractivity contribution in [3.05, 3.63) is 58.0 Å². The van der Waals surface area contributed by atoms with Crippen LogP contribution in [0.3, 0.4) is 0 Å². The van der Waals surface area contributed by atoms with Crippen LogP contribution in [0.2, 0.25) is 10.0 Å². The molecule has 0 aliphatic heterocycles. The molecule has 0 saturated carbocycles. The zero-order valence-corrected chi connectivity index (χ0v) is 13.1. The first-order chi connectivity index (χ1) is 10.1. The number of nitrogens with one attached hydrogen (secondary N) is 1. The lowest BCUT2D eigenvalue weighted by molar-refractivity contribution is 0.207. The van der Waals surface area contributed by atoms with Gasteiger partial charge in [0.05, 0.1) is 6.26 Å². The Bertz CT molecular complexity index is 600. The molecule has 0 aliphatic carbocycles. The van der Waals surface area contributed by atoms with Crippen LogP contribution in [0.4, 0.5) is 4.79 Å². The Labute approximate surface area is 133 Å². The molecule has 112 valence electrons.